The Balaban J connectivity index is 2.02. The zero-order chi connectivity index (χ0) is 16.9. The Bertz CT molecular complexity index is 632. The normalized spacial score (nSPS) is 12.7. The molecule has 0 radical (unpaired) electrons. The molecule has 0 amide bonds. The van der Waals surface area contributed by atoms with Crippen LogP contribution >= 0.6 is 0 Å². The molecule has 23 heavy (non-hydrogen) atoms. The van der Waals surface area contributed by atoms with E-state index in [9.17, 15) is 4.79 Å². The zero-order valence-electron chi connectivity index (χ0n) is 14.3. The number of hydrogen-bond donors (Lipinski definition) is 1. The van der Waals surface area contributed by atoms with Crippen LogP contribution in [0.25, 0.3) is 0 Å². The quantitative estimate of drug-likeness (QED) is 0.789. The van der Waals surface area contributed by atoms with E-state index in [4.69, 9.17) is 4.74 Å². The number of ether oxygens (including phenoxy) is 1. The fourth-order valence-corrected chi connectivity index (χ4v) is 2.80. The third kappa shape index (κ3) is 4.67. The predicted molar refractivity (Wildman–Crippen MR) is 94.1 cm³/mol. The molecule has 3 nitrogen and oxygen atoms in total. The number of carbonyl (C=O) groups is 1. The highest BCUT2D eigenvalue weighted by molar-refractivity contribution is 6.02. The number of Topliss-reactive ketones (excluding diaryl/α,β-unsaturated/α-hetero) is 1. The van der Waals surface area contributed by atoms with Gasteiger partial charge in [-0.1, -0.05) is 30.3 Å². The molecular formula is C20H25NO2. The van der Waals surface area contributed by atoms with Gasteiger partial charge in [0.1, 0.15) is 5.75 Å². The van der Waals surface area contributed by atoms with Crippen molar-refractivity contribution >= 4 is 5.78 Å². The van der Waals surface area contributed by atoms with Gasteiger partial charge in [0, 0.05) is 11.6 Å². The molecule has 1 N–H and O–H groups in total. The maximum absolute atomic E-state index is 12.8. The van der Waals surface area contributed by atoms with E-state index in [1.165, 1.54) is 5.56 Å². The number of benzene rings is 2. The SMILES string of the molecule is COc1ccc(C(=O)C(C)(C)N[C@H](C)Cc2ccccc2)cc1. The zero-order valence-corrected chi connectivity index (χ0v) is 14.3. The molecule has 2 rings (SSSR count). The number of nitrogens with one attached hydrogen (secondary N) is 1. The Hall–Kier alpha value is -2.13. The number of carbonyl (C=O) groups excluding carboxylic acids is 1. The molecule has 0 aliphatic heterocycles. The molecule has 0 bridgehead atoms. The van der Waals surface area contributed by atoms with Crippen molar-refractivity contribution in [3.05, 3.63) is 65.7 Å². The average Bonchev–Trinajstić information content (AvgIpc) is 2.54. The summed E-state index contributed by atoms with van der Waals surface area (Å²) in [5.41, 5.74) is 1.33. The molecule has 0 heterocycles. The van der Waals surface area contributed by atoms with Crippen LogP contribution in [-0.2, 0) is 6.42 Å². The van der Waals surface area contributed by atoms with Crippen LogP contribution in [0, 0.1) is 0 Å². The van der Waals surface area contributed by atoms with Gasteiger partial charge in [-0.25, -0.2) is 0 Å². The molecule has 3 heteroatoms. The summed E-state index contributed by atoms with van der Waals surface area (Å²) >= 11 is 0. The number of methoxy groups -OCH3 is 1. The molecule has 122 valence electrons. The predicted octanol–water partition coefficient (Wildman–Crippen LogP) is 3.88. The highest BCUT2D eigenvalue weighted by atomic mass is 16.5. The van der Waals surface area contributed by atoms with Crippen LogP contribution in [0.1, 0.15) is 36.7 Å². The second-order valence-corrected chi connectivity index (χ2v) is 6.42. The van der Waals surface area contributed by atoms with Crippen molar-refractivity contribution < 1.29 is 9.53 Å². The van der Waals surface area contributed by atoms with Gasteiger partial charge in [0.25, 0.3) is 0 Å². The molecule has 0 spiro atoms. The third-order valence-corrected chi connectivity index (χ3v) is 3.91. The standard InChI is InChI=1S/C20H25NO2/c1-15(14-16-8-6-5-7-9-16)21-20(2,3)19(22)17-10-12-18(23-4)13-11-17/h5-13,15,21H,14H2,1-4H3/t15-/m1/s1. The van der Waals surface area contributed by atoms with Crippen LogP contribution in [0.4, 0.5) is 0 Å². The topological polar surface area (TPSA) is 38.3 Å². The lowest BCUT2D eigenvalue weighted by atomic mass is 9.91. The van der Waals surface area contributed by atoms with Gasteiger partial charge in [-0.05, 0) is 57.0 Å². The number of hydrogen-bond acceptors (Lipinski definition) is 3. The largest absolute Gasteiger partial charge is 0.497 e. The molecule has 0 saturated carbocycles. The molecule has 2 aromatic carbocycles. The molecule has 0 aliphatic rings. The number of rotatable bonds is 7. The molecule has 0 saturated heterocycles. The second-order valence-electron chi connectivity index (χ2n) is 6.42. The van der Waals surface area contributed by atoms with E-state index in [2.05, 4.69) is 24.4 Å². The van der Waals surface area contributed by atoms with Crippen LogP contribution in [0.15, 0.2) is 54.6 Å². The summed E-state index contributed by atoms with van der Waals surface area (Å²) in [5, 5.41) is 3.45. The van der Waals surface area contributed by atoms with E-state index >= 15 is 0 Å². The fourth-order valence-electron chi connectivity index (χ4n) is 2.80. The van der Waals surface area contributed by atoms with Crippen molar-refractivity contribution in [3.8, 4) is 5.75 Å². The monoisotopic (exact) mass is 311 g/mol. The summed E-state index contributed by atoms with van der Waals surface area (Å²) in [7, 11) is 1.62. The lowest BCUT2D eigenvalue weighted by molar-refractivity contribution is 0.0871. The molecular weight excluding hydrogens is 286 g/mol. The van der Waals surface area contributed by atoms with E-state index in [0.717, 1.165) is 12.2 Å². The average molecular weight is 311 g/mol. The Kier molecular flexibility index (Phi) is 5.56. The lowest BCUT2D eigenvalue weighted by Gasteiger charge is -2.29. The van der Waals surface area contributed by atoms with E-state index < -0.39 is 5.54 Å². The van der Waals surface area contributed by atoms with Gasteiger partial charge in [-0.2, -0.15) is 0 Å². The summed E-state index contributed by atoms with van der Waals surface area (Å²) in [6.45, 7) is 5.97. The van der Waals surface area contributed by atoms with Crippen molar-refractivity contribution in [2.75, 3.05) is 7.11 Å². The molecule has 1 atom stereocenters. The van der Waals surface area contributed by atoms with Gasteiger partial charge >= 0.3 is 0 Å². The number of ketones is 1. The minimum atomic E-state index is -0.622. The molecule has 0 fully saturated rings. The van der Waals surface area contributed by atoms with Gasteiger partial charge in [0.2, 0.25) is 0 Å². The second kappa shape index (κ2) is 7.42. The van der Waals surface area contributed by atoms with E-state index in [1.807, 2.05) is 56.3 Å². The van der Waals surface area contributed by atoms with Gasteiger partial charge in [-0.15, -0.1) is 0 Å². The lowest BCUT2D eigenvalue weighted by Crippen LogP contribution is -2.51. The van der Waals surface area contributed by atoms with E-state index in [-0.39, 0.29) is 11.8 Å². The van der Waals surface area contributed by atoms with Gasteiger partial charge in [0.15, 0.2) is 5.78 Å². The summed E-state index contributed by atoms with van der Waals surface area (Å²) in [4.78, 5) is 12.8. The smallest absolute Gasteiger partial charge is 0.182 e. The van der Waals surface area contributed by atoms with E-state index in [0.29, 0.717) is 5.56 Å². The molecule has 0 aromatic heterocycles. The summed E-state index contributed by atoms with van der Waals surface area (Å²) in [6.07, 6.45) is 0.889. The Morgan fingerprint density at radius 3 is 2.26 bits per heavy atom. The highest BCUT2D eigenvalue weighted by Crippen LogP contribution is 2.18. The summed E-state index contributed by atoms with van der Waals surface area (Å²) in [6, 6.07) is 17.8. The fraction of sp³-hybridized carbons (Fsp3) is 0.350. The maximum atomic E-state index is 12.8. The van der Waals surface area contributed by atoms with Crippen molar-refractivity contribution in [1.29, 1.82) is 0 Å². The Morgan fingerprint density at radius 1 is 1.09 bits per heavy atom. The van der Waals surface area contributed by atoms with Gasteiger partial charge < -0.3 is 10.1 Å². The highest BCUT2D eigenvalue weighted by Gasteiger charge is 2.29. The minimum absolute atomic E-state index is 0.0834. The van der Waals surface area contributed by atoms with Crippen LogP contribution in [0.3, 0.4) is 0 Å². The Morgan fingerprint density at radius 2 is 1.70 bits per heavy atom. The van der Waals surface area contributed by atoms with Gasteiger partial charge in [0.05, 0.1) is 12.6 Å². The van der Waals surface area contributed by atoms with Crippen LogP contribution in [-0.4, -0.2) is 24.5 Å². The molecule has 2 aromatic rings. The van der Waals surface area contributed by atoms with Crippen LogP contribution in [0.2, 0.25) is 0 Å². The first-order valence-electron chi connectivity index (χ1n) is 7.93. The van der Waals surface area contributed by atoms with Crippen molar-refractivity contribution in [3.63, 3.8) is 0 Å². The van der Waals surface area contributed by atoms with E-state index in [1.54, 1.807) is 7.11 Å². The summed E-state index contributed by atoms with van der Waals surface area (Å²) < 4.78 is 5.14. The minimum Gasteiger partial charge on any atom is -0.497 e. The van der Waals surface area contributed by atoms with Crippen molar-refractivity contribution in [2.24, 2.45) is 0 Å². The molecule has 0 unspecified atom stereocenters. The Labute approximate surface area is 138 Å². The van der Waals surface area contributed by atoms with Crippen molar-refractivity contribution in [1.82, 2.24) is 5.32 Å². The summed E-state index contributed by atoms with van der Waals surface area (Å²) in [5.74, 6) is 0.838. The first kappa shape index (κ1) is 17.2. The first-order valence-corrected chi connectivity index (χ1v) is 7.93. The van der Waals surface area contributed by atoms with Gasteiger partial charge in [-0.3, -0.25) is 4.79 Å². The maximum Gasteiger partial charge on any atom is 0.182 e. The third-order valence-electron chi connectivity index (χ3n) is 3.91. The van der Waals surface area contributed by atoms with Crippen LogP contribution in [0.5, 0.6) is 5.75 Å². The van der Waals surface area contributed by atoms with Crippen molar-refractivity contribution in [2.45, 2.75) is 38.8 Å². The van der Waals surface area contributed by atoms with Crippen LogP contribution < -0.4 is 10.1 Å². The first-order chi connectivity index (χ1) is 10.9. The molecule has 0 aliphatic carbocycles.